The van der Waals surface area contributed by atoms with E-state index in [1.54, 1.807) is 23.5 Å². The van der Waals surface area contributed by atoms with E-state index < -0.39 is 0 Å². The molecule has 0 aliphatic rings. The third-order valence-electron chi connectivity index (χ3n) is 2.65. The monoisotopic (exact) mass is 312 g/mol. The first kappa shape index (κ1) is 12.8. The number of thiophene rings is 1. The summed E-state index contributed by atoms with van der Waals surface area (Å²) in [7, 11) is 0. The average Bonchev–Trinajstić information content (AvgIpc) is 2.71. The van der Waals surface area contributed by atoms with Crippen molar-refractivity contribution in [1.29, 1.82) is 0 Å². The van der Waals surface area contributed by atoms with Crippen LogP contribution in [0.3, 0.4) is 0 Å². The quantitative estimate of drug-likeness (QED) is 0.664. The van der Waals surface area contributed by atoms with Crippen LogP contribution in [0.5, 0.6) is 0 Å². The van der Waals surface area contributed by atoms with Gasteiger partial charge in [-0.25, -0.2) is 4.39 Å². The second-order valence-corrected chi connectivity index (χ2v) is 5.98. The first-order chi connectivity index (χ1) is 8.24. The normalized spacial score (nSPS) is 10.7. The van der Waals surface area contributed by atoms with Crippen molar-refractivity contribution in [3.63, 3.8) is 0 Å². The molecule has 90 valence electrons. The number of halogens is 2. The van der Waals surface area contributed by atoms with Gasteiger partial charge < -0.3 is 0 Å². The highest BCUT2D eigenvalue weighted by atomic mass is 79.9. The molecule has 0 aliphatic heterocycles. The van der Waals surface area contributed by atoms with Gasteiger partial charge in [0, 0.05) is 14.7 Å². The fraction of sp³-hybridized carbons (Fsp3) is 0.286. The van der Waals surface area contributed by atoms with Gasteiger partial charge in [-0.05, 0) is 65.4 Å². The van der Waals surface area contributed by atoms with Crippen LogP contribution in [0.4, 0.5) is 4.39 Å². The van der Waals surface area contributed by atoms with Crippen LogP contribution in [0.25, 0.3) is 0 Å². The van der Waals surface area contributed by atoms with E-state index in [1.165, 1.54) is 15.4 Å². The van der Waals surface area contributed by atoms with Gasteiger partial charge in [-0.1, -0.05) is 12.1 Å². The van der Waals surface area contributed by atoms with Gasteiger partial charge in [0.05, 0.1) is 0 Å². The summed E-state index contributed by atoms with van der Waals surface area (Å²) >= 11 is 5.25. The van der Waals surface area contributed by atoms with Crippen LogP contribution >= 0.6 is 27.3 Å². The van der Waals surface area contributed by atoms with E-state index in [9.17, 15) is 4.39 Å². The fourth-order valence-corrected chi connectivity index (χ4v) is 3.30. The second-order valence-electron chi connectivity index (χ2n) is 4.07. The van der Waals surface area contributed by atoms with Crippen molar-refractivity contribution >= 4 is 27.3 Å². The first-order valence-electron chi connectivity index (χ1n) is 5.71. The molecule has 17 heavy (non-hydrogen) atoms. The summed E-state index contributed by atoms with van der Waals surface area (Å²) in [5.74, 6) is -0.135. The van der Waals surface area contributed by atoms with Gasteiger partial charge in [0.15, 0.2) is 0 Å². The van der Waals surface area contributed by atoms with Crippen molar-refractivity contribution in [3.05, 3.63) is 56.4 Å². The maximum absolute atomic E-state index is 12.9. The topological polar surface area (TPSA) is 0 Å². The van der Waals surface area contributed by atoms with Gasteiger partial charge in [0.25, 0.3) is 0 Å². The molecule has 0 spiro atoms. The van der Waals surface area contributed by atoms with Crippen LogP contribution in [-0.4, -0.2) is 0 Å². The minimum atomic E-state index is -0.135. The van der Waals surface area contributed by atoms with Crippen LogP contribution in [0, 0.1) is 5.82 Å². The summed E-state index contributed by atoms with van der Waals surface area (Å²) in [6.07, 6.45) is 4.35. The van der Waals surface area contributed by atoms with E-state index >= 15 is 0 Å². The summed E-state index contributed by atoms with van der Waals surface area (Å²) in [6, 6.07) is 9.06. The summed E-state index contributed by atoms with van der Waals surface area (Å²) in [5.41, 5.74) is 1.09. The number of benzene rings is 1. The average molecular weight is 313 g/mol. The van der Waals surface area contributed by atoms with Crippen LogP contribution in [0.2, 0.25) is 0 Å². The Kier molecular flexibility index (Phi) is 4.75. The van der Waals surface area contributed by atoms with Crippen LogP contribution in [0.1, 0.15) is 23.3 Å². The zero-order valence-corrected chi connectivity index (χ0v) is 11.9. The predicted octanol–water partition coefficient (Wildman–Crippen LogP) is 5.22. The van der Waals surface area contributed by atoms with E-state index in [2.05, 4.69) is 27.4 Å². The number of unbranched alkanes of at least 4 members (excludes halogenated alkanes) is 1. The molecular weight excluding hydrogens is 299 g/mol. The molecule has 0 amide bonds. The smallest absolute Gasteiger partial charge is 0.123 e. The standard InChI is InChI=1S/C14H14BrFS/c15-12-9-14(17-10-12)7-2-1-4-11-5-3-6-13(16)8-11/h3,5-6,8-10H,1-2,4,7H2. The number of hydrogen-bond donors (Lipinski definition) is 0. The zero-order chi connectivity index (χ0) is 12.1. The summed E-state index contributed by atoms with van der Waals surface area (Å²) in [6.45, 7) is 0. The minimum absolute atomic E-state index is 0.135. The molecule has 0 saturated heterocycles. The molecule has 3 heteroatoms. The van der Waals surface area contributed by atoms with Gasteiger partial charge in [0.1, 0.15) is 5.82 Å². The van der Waals surface area contributed by atoms with E-state index in [4.69, 9.17) is 0 Å². The number of hydrogen-bond acceptors (Lipinski definition) is 1. The Balaban J connectivity index is 1.73. The molecular formula is C14H14BrFS. The molecule has 0 fully saturated rings. The molecule has 0 atom stereocenters. The van der Waals surface area contributed by atoms with Gasteiger partial charge >= 0.3 is 0 Å². The van der Waals surface area contributed by atoms with Crippen molar-refractivity contribution in [1.82, 2.24) is 0 Å². The molecule has 0 bridgehead atoms. The lowest BCUT2D eigenvalue weighted by Gasteiger charge is -2.01. The second kappa shape index (κ2) is 6.31. The Morgan fingerprint density at radius 1 is 1.12 bits per heavy atom. The molecule has 0 N–H and O–H groups in total. The van der Waals surface area contributed by atoms with Gasteiger partial charge in [-0.3, -0.25) is 0 Å². The van der Waals surface area contributed by atoms with E-state index in [1.807, 2.05) is 6.07 Å². The molecule has 1 aromatic heterocycles. The Bertz CT molecular complexity index is 479. The van der Waals surface area contributed by atoms with Crippen LogP contribution in [-0.2, 0) is 12.8 Å². The maximum Gasteiger partial charge on any atom is 0.123 e. The Morgan fingerprint density at radius 2 is 1.94 bits per heavy atom. The summed E-state index contributed by atoms with van der Waals surface area (Å²) in [5, 5.41) is 2.11. The number of rotatable bonds is 5. The van der Waals surface area contributed by atoms with Crippen LogP contribution < -0.4 is 0 Å². The molecule has 0 nitrogen and oxygen atoms in total. The van der Waals surface area contributed by atoms with Gasteiger partial charge in [-0.15, -0.1) is 11.3 Å². The van der Waals surface area contributed by atoms with E-state index in [-0.39, 0.29) is 5.82 Å². The Morgan fingerprint density at radius 3 is 2.65 bits per heavy atom. The summed E-state index contributed by atoms with van der Waals surface area (Å²) < 4.78 is 14.1. The Labute approximate surface area is 114 Å². The molecule has 2 aromatic rings. The van der Waals surface area contributed by atoms with Gasteiger partial charge in [0.2, 0.25) is 0 Å². The van der Waals surface area contributed by atoms with Gasteiger partial charge in [-0.2, -0.15) is 0 Å². The van der Waals surface area contributed by atoms with Crippen LogP contribution in [0.15, 0.2) is 40.2 Å². The molecule has 0 aliphatic carbocycles. The van der Waals surface area contributed by atoms with Crippen molar-refractivity contribution in [2.45, 2.75) is 25.7 Å². The third kappa shape index (κ3) is 4.25. The van der Waals surface area contributed by atoms with Crippen molar-refractivity contribution in [2.24, 2.45) is 0 Å². The first-order valence-corrected chi connectivity index (χ1v) is 7.38. The maximum atomic E-state index is 12.9. The zero-order valence-electron chi connectivity index (χ0n) is 9.46. The Hall–Kier alpha value is -0.670. The van der Waals surface area contributed by atoms with Crippen molar-refractivity contribution < 1.29 is 4.39 Å². The highest BCUT2D eigenvalue weighted by Gasteiger charge is 1.99. The SMILES string of the molecule is Fc1cccc(CCCCc2cc(Br)cs2)c1. The minimum Gasteiger partial charge on any atom is -0.207 e. The lowest BCUT2D eigenvalue weighted by atomic mass is 10.1. The molecule has 0 unspecified atom stereocenters. The number of aryl methyl sites for hydroxylation is 2. The highest BCUT2D eigenvalue weighted by Crippen LogP contribution is 2.21. The largest absolute Gasteiger partial charge is 0.207 e. The van der Waals surface area contributed by atoms with Crippen molar-refractivity contribution in [2.75, 3.05) is 0 Å². The van der Waals surface area contributed by atoms with E-state index in [0.717, 1.165) is 31.2 Å². The molecule has 1 heterocycles. The van der Waals surface area contributed by atoms with Crippen molar-refractivity contribution in [3.8, 4) is 0 Å². The third-order valence-corrected chi connectivity index (χ3v) is 4.41. The van der Waals surface area contributed by atoms with E-state index in [0.29, 0.717) is 0 Å². The molecule has 2 rings (SSSR count). The molecule has 1 aromatic carbocycles. The molecule has 0 saturated carbocycles. The highest BCUT2D eigenvalue weighted by molar-refractivity contribution is 9.10. The summed E-state index contributed by atoms with van der Waals surface area (Å²) in [4.78, 5) is 1.41. The lowest BCUT2D eigenvalue weighted by Crippen LogP contribution is -1.88. The predicted molar refractivity (Wildman–Crippen MR) is 75.1 cm³/mol. The lowest BCUT2D eigenvalue weighted by molar-refractivity contribution is 0.623. The fourth-order valence-electron chi connectivity index (χ4n) is 1.81. The molecule has 0 radical (unpaired) electrons.